The van der Waals surface area contributed by atoms with Gasteiger partial charge in [-0.05, 0) is 11.4 Å². The summed E-state index contributed by atoms with van der Waals surface area (Å²) >= 11 is 0. The van der Waals surface area contributed by atoms with Gasteiger partial charge >= 0.3 is 0 Å². The molecule has 0 fully saturated rings. The number of methoxy groups -OCH3 is 1. The van der Waals surface area contributed by atoms with Gasteiger partial charge in [0.05, 0.1) is 6.10 Å². The van der Waals surface area contributed by atoms with Crippen LogP contribution in [0, 0.1) is 0 Å². The van der Waals surface area contributed by atoms with Crippen LogP contribution in [0.1, 0.15) is 5.56 Å². The first-order valence-electron chi connectivity index (χ1n) is 6.04. The van der Waals surface area contributed by atoms with Crippen molar-refractivity contribution >= 4 is 16.2 Å². The van der Waals surface area contributed by atoms with Crippen LogP contribution in [0.4, 0.5) is 0 Å². The van der Waals surface area contributed by atoms with Gasteiger partial charge in [0, 0.05) is 20.6 Å². The Balaban J connectivity index is 2.81. The van der Waals surface area contributed by atoms with E-state index in [0.717, 1.165) is 5.56 Å². The Labute approximate surface area is 122 Å². The molecular weight excluding hydrogens is 276 g/mol. The molecule has 0 aliphatic carbocycles. The molecule has 7 heteroatoms. The van der Waals surface area contributed by atoms with Crippen LogP contribution in [-0.4, -0.2) is 39.2 Å². The minimum Gasteiger partial charge on any atom is -0.375 e. The van der Waals surface area contributed by atoms with Crippen molar-refractivity contribution in [3.8, 4) is 0 Å². The van der Waals surface area contributed by atoms with E-state index in [1.54, 1.807) is 0 Å². The maximum absolute atomic E-state index is 9.48. The molecule has 3 atom stereocenters. The fraction of sp³-hybridized carbons (Fsp3) is 0.385. The van der Waals surface area contributed by atoms with E-state index in [1.807, 2.05) is 30.3 Å². The molecule has 0 aliphatic heterocycles. The van der Waals surface area contributed by atoms with E-state index >= 15 is 0 Å². The number of benzene rings is 1. The molecule has 108 valence electrons. The topological polar surface area (TPSA) is 73.9 Å². The lowest BCUT2D eigenvalue weighted by Crippen LogP contribution is -2.36. The first-order valence-corrected chi connectivity index (χ1v) is 7.32. The van der Waals surface area contributed by atoms with Gasteiger partial charge in [-0.15, -0.1) is 0 Å². The zero-order chi connectivity index (χ0) is 15.0. The molecule has 3 N–H and O–H groups in total. The van der Waals surface area contributed by atoms with Gasteiger partial charge < -0.3 is 14.2 Å². The summed E-state index contributed by atoms with van der Waals surface area (Å²) in [6, 6.07) is 9.73. The van der Waals surface area contributed by atoms with Gasteiger partial charge in [-0.2, -0.15) is 0 Å². The molecule has 20 heavy (non-hydrogen) atoms. The third-order valence-corrected chi connectivity index (χ3v) is 3.71. The molecule has 0 amide bonds. The summed E-state index contributed by atoms with van der Waals surface area (Å²) < 4.78 is 10.1. The van der Waals surface area contributed by atoms with Crippen molar-refractivity contribution in [1.82, 2.24) is 0 Å². The van der Waals surface area contributed by atoms with Gasteiger partial charge in [-0.3, -0.25) is 4.84 Å². The third-order valence-electron chi connectivity index (χ3n) is 2.82. The highest BCUT2D eigenvalue weighted by Crippen LogP contribution is 2.34. The number of hydrogen-bond donors (Lipinski definition) is 2. The third kappa shape index (κ3) is 5.33. The van der Waals surface area contributed by atoms with Crippen molar-refractivity contribution in [2.45, 2.75) is 18.6 Å². The van der Waals surface area contributed by atoms with Crippen LogP contribution in [0.5, 0.6) is 0 Å². The number of ether oxygens (including phenoxy) is 1. The first-order chi connectivity index (χ1) is 9.62. The lowest BCUT2D eigenvalue weighted by Gasteiger charge is -2.26. The van der Waals surface area contributed by atoms with Crippen LogP contribution in [0.15, 0.2) is 41.6 Å². The lowest BCUT2D eigenvalue weighted by molar-refractivity contribution is -0.0381. The van der Waals surface area contributed by atoms with Crippen LogP contribution in [0.3, 0.4) is 0 Å². The van der Waals surface area contributed by atoms with E-state index in [2.05, 4.69) is 0 Å². The predicted molar refractivity (Wildman–Crippen MR) is 80.0 cm³/mol. The average molecular weight is 295 g/mol. The molecule has 0 saturated heterocycles. The van der Waals surface area contributed by atoms with Gasteiger partial charge in [-0.1, -0.05) is 35.8 Å². The average Bonchev–Trinajstić information content (AvgIpc) is 2.47. The zero-order valence-corrected chi connectivity index (χ0v) is 12.5. The molecular formula is C13H19BNO4P. The minimum absolute atomic E-state index is 0.328. The highest BCUT2D eigenvalue weighted by Gasteiger charge is 2.24. The summed E-state index contributed by atoms with van der Waals surface area (Å²) in [5, 5.41) is 0. The monoisotopic (exact) mass is 295 g/mol. The van der Waals surface area contributed by atoms with E-state index in [-0.39, 0.29) is 0 Å². The molecule has 0 aromatic heterocycles. The van der Waals surface area contributed by atoms with Crippen LogP contribution in [0.2, 0.25) is 0 Å². The highest BCUT2D eigenvalue weighted by atomic mass is 31.2. The van der Waals surface area contributed by atoms with E-state index in [0.29, 0.717) is 11.9 Å². The van der Waals surface area contributed by atoms with E-state index in [1.165, 1.54) is 20.0 Å². The van der Waals surface area contributed by atoms with Crippen molar-refractivity contribution in [1.29, 1.82) is 0 Å². The smallest absolute Gasteiger partial charge is 0.193 e. The molecule has 0 saturated carbocycles. The fourth-order valence-electron chi connectivity index (χ4n) is 1.83. The van der Waals surface area contributed by atoms with Crippen LogP contribution in [-0.2, 0) is 20.5 Å². The van der Waals surface area contributed by atoms with Crippen molar-refractivity contribution in [3.63, 3.8) is 0 Å². The maximum Gasteiger partial charge on any atom is 0.193 e. The summed E-state index contributed by atoms with van der Waals surface area (Å²) in [6.45, 7) is 0. The SMILES string of the molecule is [B]/C(=C\P(O)OC)C(OC)[C@H](Cc1ccccc1)ON. The lowest BCUT2D eigenvalue weighted by atomic mass is 9.87. The summed E-state index contributed by atoms with van der Waals surface area (Å²) in [5.74, 6) is 6.76. The second-order valence-corrected chi connectivity index (χ2v) is 5.36. The molecule has 2 unspecified atom stereocenters. The second-order valence-electron chi connectivity index (χ2n) is 4.13. The van der Waals surface area contributed by atoms with Crippen LogP contribution in [0.25, 0.3) is 0 Å². The number of nitrogens with two attached hydrogens (primary N) is 1. The fourth-order valence-corrected chi connectivity index (χ4v) is 2.34. The Morgan fingerprint density at radius 3 is 2.55 bits per heavy atom. The van der Waals surface area contributed by atoms with Crippen LogP contribution < -0.4 is 5.90 Å². The summed E-state index contributed by atoms with van der Waals surface area (Å²) in [5.41, 5.74) is 1.38. The van der Waals surface area contributed by atoms with E-state index in [9.17, 15) is 4.89 Å². The quantitative estimate of drug-likeness (QED) is 0.431. The Morgan fingerprint density at radius 1 is 1.40 bits per heavy atom. The van der Waals surface area contributed by atoms with Gasteiger partial charge in [-0.25, -0.2) is 5.90 Å². The Morgan fingerprint density at radius 2 is 2.05 bits per heavy atom. The Hall–Kier alpha value is -0.745. The van der Waals surface area contributed by atoms with Gasteiger partial charge in [0.15, 0.2) is 8.38 Å². The largest absolute Gasteiger partial charge is 0.375 e. The predicted octanol–water partition coefficient (Wildman–Crippen LogP) is 1.46. The molecule has 1 aromatic carbocycles. The maximum atomic E-state index is 9.48. The Bertz CT molecular complexity index is 418. The summed E-state index contributed by atoms with van der Waals surface area (Å²) in [4.78, 5) is 14.5. The van der Waals surface area contributed by atoms with Crippen LogP contribution >= 0.6 is 8.38 Å². The molecule has 0 spiro atoms. The molecule has 1 rings (SSSR count). The summed E-state index contributed by atoms with van der Waals surface area (Å²) in [7, 11) is 7.11. The standard InChI is InChI=1S/C13H19BNO4P/c1-17-13(11(14)9-20(16)18-2)12(19-15)8-10-6-4-3-5-7-10/h3-7,9,12-13,16H,8,15H2,1-2H3/b11-9-/t12-,13?,20?/m0/s1. The molecule has 0 aliphatic rings. The molecule has 1 aromatic rings. The number of hydrogen-bond acceptors (Lipinski definition) is 5. The zero-order valence-electron chi connectivity index (χ0n) is 11.6. The van der Waals surface area contributed by atoms with E-state index < -0.39 is 20.6 Å². The first kappa shape index (κ1) is 17.3. The van der Waals surface area contributed by atoms with Gasteiger partial charge in [0.1, 0.15) is 14.0 Å². The minimum atomic E-state index is -1.71. The normalized spacial score (nSPS) is 16.7. The second kappa shape index (κ2) is 9.24. The van der Waals surface area contributed by atoms with Gasteiger partial charge in [0.2, 0.25) is 0 Å². The van der Waals surface area contributed by atoms with Crippen molar-refractivity contribution < 1.29 is 19.0 Å². The highest BCUT2D eigenvalue weighted by molar-refractivity contribution is 7.49. The molecule has 0 bridgehead atoms. The summed E-state index contributed by atoms with van der Waals surface area (Å²) in [6.07, 6.45) is -0.479. The molecule has 5 nitrogen and oxygen atoms in total. The van der Waals surface area contributed by atoms with Crippen molar-refractivity contribution in [2.24, 2.45) is 5.90 Å². The van der Waals surface area contributed by atoms with Crippen molar-refractivity contribution in [3.05, 3.63) is 47.2 Å². The van der Waals surface area contributed by atoms with E-state index in [4.69, 9.17) is 27.8 Å². The van der Waals surface area contributed by atoms with Gasteiger partial charge in [0.25, 0.3) is 0 Å². The van der Waals surface area contributed by atoms with Crippen molar-refractivity contribution in [2.75, 3.05) is 14.2 Å². The number of rotatable bonds is 8. The molecule has 2 radical (unpaired) electrons. The molecule has 0 heterocycles. The Kier molecular flexibility index (Phi) is 7.99.